The maximum atomic E-state index is 13.7. The molecule has 0 atom stereocenters. The largest absolute Gasteiger partial charge is 0.508 e. The number of amides is 1. The van der Waals surface area contributed by atoms with Crippen LogP contribution in [0, 0.1) is 0 Å². The molecule has 0 aliphatic rings. The van der Waals surface area contributed by atoms with Gasteiger partial charge in [-0.05, 0) is 55.3 Å². The number of rotatable bonds is 10. The molecule has 6 nitrogen and oxygen atoms in total. The molecule has 0 saturated heterocycles. The number of aromatic nitrogens is 1. The Balaban J connectivity index is 2.09. The minimum atomic E-state index is -0.0490. The van der Waals surface area contributed by atoms with E-state index in [1.807, 2.05) is 78.8 Å². The van der Waals surface area contributed by atoms with Crippen molar-refractivity contribution in [1.82, 2.24) is 14.4 Å². The van der Waals surface area contributed by atoms with Crippen LogP contribution in [0.2, 0.25) is 0 Å². The summed E-state index contributed by atoms with van der Waals surface area (Å²) in [5.74, 6) is 0.117. The van der Waals surface area contributed by atoms with Gasteiger partial charge in [0.15, 0.2) is 0 Å². The van der Waals surface area contributed by atoms with Gasteiger partial charge in [-0.25, -0.2) is 0 Å². The number of carbonyl (C=O) groups excluding carboxylic acids is 1. The quantitative estimate of drug-likeness (QED) is 0.408. The summed E-state index contributed by atoms with van der Waals surface area (Å²) in [5.41, 5.74) is 3.79. The standard InChI is InChI=1S/C28H37N3O3/c1-6-29(7-2)19-31-24(23-16-22(20(4)5)26(32)17-27(23)33)14-15-25(31)28(34)30(8-3)18-21-12-10-9-11-13-21/h9-17,20,32-33H,6-8,18-19H2,1-5H3. The molecule has 0 bridgehead atoms. The smallest absolute Gasteiger partial charge is 0.270 e. The van der Waals surface area contributed by atoms with Crippen molar-refractivity contribution in [1.29, 1.82) is 0 Å². The van der Waals surface area contributed by atoms with Crippen molar-refractivity contribution in [3.8, 4) is 22.8 Å². The lowest BCUT2D eigenvalue weighted by atomic mass is 9.97. The molecular formula is C28H37N3O3. The van der Waals surface area contributed by atoms with E-state index in [1.54, 1.807) is 0 Å². The van der Waals surface area contributed by atoms with Gasteiger partial charge in [-0.15, -0.1) is 0 Å². The lowest BCUT2D eigenvalue weighted by Gasteiger charge is -2.26. The predicted molar refractivity (Wildman–Crippen MR) is 137 cm³/mol. The number of nitrogens with zero attached hydrogens (tertiary/aromatic N) is 3. The third kappa shape index (κ3) is 5.45. The van der Waals surface area contributed by atoms with E-state index in [1.165, 1.54) is 6.07 Å². The van der Waals surface area contributed by atoms with Gasteiger partial charge in [0.25, 0.3) is 5.91 Å². The Kier molecular flexibility index (Phi) is 8.40. The van der Waals surface area contributed by atoms with E-state index in [9.17, 15) is 15.0 Å². The Hall–Kier alpha value is -3.25. The second-order valence-electron chi connectivity index (χ2n) is 8.86. The Bertz CT molecular complexity index is 1100. The van der Waals surface area contributed by atoms with Crippen molar-refractivity contribution in [3.63, 3.8) is 0 Å². The molecule has 2 N–H and O–H groups in total. The van der Waals surface area contributed by atoms with Crippen molar-refractivity contribution in [3.05, 3.63) is 71.4 Å². The number of benzene rings is 2. The molecule has 34 heavy (non-hydrogen) atoms. The molecule has 0 radical (unpaired) electrons. The molecule has 182 valence electrons. The van der Waals surface area contributed by atoms with Crippen LogP contribution in [0.1, 0.15) is 62.2 Å². The summed E-state index contributed by atoms with van der Waals surface area (Å²) in [6.07, 6.45) is 0. The number of hydrogen-bond acceptors (Lipinski definition) is 4. The number of phenolic OH excluding ortho intramolecular Hbond substituents is 2. The van der Waals surface area contributed by atoms with Crippen LogP contribution in [0.15, 0.2) is 54.6 Å². The summed E-state index contributed by atoms with van der Waals surface area (Å²) in [6.45, 7) is 13.5. The molecular weight excluding hydrogens is 426 g/mol. The Labute approximate surface area is 203 Å². The van der Waals surface area contributed by atoms with Crippen LogP contribution < -0.4 is 0 Å². The second kappa shape index (κ2) is 11.3. The zero-order chi connectivity index (χ0) is 24.8. The fourth-order valence-electron chi connectivity index (χ4n) is 4.22. The van der Waals surface area contributed by atoms with Crippen LogP contribution in [-0.2, 0) is 13.2 Å². The zero-order valence-electron chi connectivity index (χ0n) is 21.0. The van der Waals surface area contributed by atoms with Crippen molar-refractivity contribution in [2.45, 2.75) is 53.8 Å². The van der Waals surface area contributed by atoms with Gasteiger partial charge in [-0.2, -0.15) is 0 Å². The molecule has 1 heterocycles. The van der Waals surface area contributed by atoms with Crippen molar-refractivity contribution in [2.75, 3.05) is 19.6 Å². The summed E-state index contributed by atoms with van der Waals surface area (Å²) in [4.78, 5) is 17.8. The average Bonchev–Trinajstić information content (AvgIpc) is 3.24. The first-order chi connectivity index (χ1) is 16.3. The van der Waals surface area contributed by atoms with Gasteiger partial charge >= 0.3 is 0 Å². The summed E-state index contributed by atoms with van der Waals surface area (Å²) < 4.78 is 1.99. The van der Waals surface area contributed by atoms with Gasteiger partial charge in [-0.3, -0.25) is 9.69 Å². The number of hydrogen-bond donors (Lipinski definition) is 2. The van der Waals surface area contributed by atoms with Crippen molar-refractivity contribution in [2.24, 2.45) is 0 Å². The van der Waals surface area contributed by atoms with Crippen LogP contribution in [0.4, 0.5) is 0 Å². The molecule has 0 unspecified atom stereocenters. The normalized spacial score (nSPS) is 11.4. The van der Waals surface area contributed by atoms with E-state index in [4.69, 9.17) is 0 Å². The van der Waals surface area contributed by atoms with E-state index < -0.39 is 0 Å². The molecule has 2 aromatic carbocycles. The van der Waals surface area contributed by atoms with E-state index in [0.717, 1.165) is 29.9 Å². The molecule has 6 heteroatoms. The molecule has 1 aromatic heterocycles. The molecule has 1 amide bonds. The third-order valence-electron chi connectivity index (χ3n) is 6.36. The summed E-state index contributed by atoms with van der Waals surface area (Å²) in [7, 11) is 0. The molecule has 0 saturated carbocycles. The first-order valence-electron chi connectivity index (χ1n) is 12.1. The van der Waals surface area contributed by atoms with Crippen molar-refractivity contribution >= 4 is 5.91 Å². The van der Waals surface area contributed by atoms with Crippen LogP contribution in [-0.4, -0.2) is 50.1 Å². The van der Waals surface area contributed by atoms with Crippen molar-refractivity contribution < 1.29 is 15.0 Å². The molecule has 3 aromatic rings. The molecule has 0 fully saturated rings. The summed E-state index contributed by atoms with van der Waals surface area (Å²) in [6, 6.07) is 17.0. The number of carbonyl (C=O) groups is 1. The van der Waals surface area contributed by atoms with Crippen LogP contribution in [0.25, 0.3) is 11.3 Å². The highest BCUT2D eigenvalue weighted by molar-refractivity contribution is 5.94. The monoisotopic (exact) mass is 463 g/mol. The topological polar surface area (TPSA) is 68.9 Å². The Morgan fingerprint density at radius 3 is 2.18 bits per heavy atom. The second-order valence-corrected chi connectivity index (χ2v) is 8.86. The summed E-state index contributed by atoms with van der Waals surface area (Å²) >= 11 is 0. The fourth-order valence-corrected chi connectivity index (χ4v) is 4.22. The maximum Gasteiger partial charge on any atom is 0.270 e. The first-order valence-corrected chi connectivity index (χ1v) is 12.1. The fraction of sp³-hybridized carbons (Fsp3) is 0.393. The minimum absolute atomic E-state index is 0.00331. The number of aromatic hydroxyl groups is 2. The van der Waals surface area contributed by atoms with Crippen LogP contribution >= 0.6 is 0 Å². The van der Waals surface area contributed by atoms with E-state index in [0.29, 0.717) is 31.0 Å². The van der Waals surface area contributed by atoms with E-state index in [2.05, 4.69) is 18.7 Å². The molecule has 0 aliphatic heterocycles. The lowest BCUT2D eigenvalue weighted by Crippen LogP contribution is -2.34. The molecule has 0 aliphatic carbocycles. The Morgan fingerprint density at radius 1 is 0.912 bits per heavy atom. The van der Waals surface area contributed by atoms with Gasteiger partial charge in [0.2, 0.25) is 0 Å². The minimum Gasteiger partial charge on any atom is -0.508 e. The average molecular weight is 464 g/mol. The van der Waals surface area contributed by atoms with E-state index >= 15 is 0 Å². The maximum absolute atomic E-state index is 13.7. The van der Waals surface area contributed by atoms with Gasteiger partial charge < -0.3 is 19.7 Å². The lowest BCUT2D eigenvalue weighted by molar-refractivity contribution is 0.0736. The highest BCUT2D eigenvalue weighted by Gasteiger charge is 2.24. The van der Waals surface area contributed by atoms with Gasteiger partial charge in [0, 0.05) is 24.7 Å². The number of phenols is 2. The van der Waals surface area contributed by atoms with Crippen LogP contribution in [0.5, 0.6) is 11.5 Å². The predicted octanol–water partition coefficient (Wildman–Crippen LogP) is 5.65. The van der Waals surface area contributed by atoms with Crippen LogP contribution in [0.3, 0.4) is 0 Å². The highest BCUT2D eigenvalue weighted by atomic mass is 16.3. The SMILES string of the molecule is CCN(CC)Cn1c(C(=O)N(CC)Cc2ccccc2)ccc1-c1cc(C(C)C)c(O)cc1O. The van der Waals surface area contributed by atoms with Gasteiger partial charge in [-0.1, -0.05) is 58.0 Å². The highest BCUT2D eigenvalue weighted by Crippen LogP contribution is 2.38. The molecule has 0 spiro atoms. The Morgan fingerprint density at radius 2 is 1.59 bits per heavy atom. The summed E-state index contributed by atoms with van der Waals surface area (Å²) in [5, 5.41) is 21.1. The zero-order valence-corrected chi connectivity index (χ0v) is 21.0. The molecule has 3 rings (SSSR count). The first kappa shape index (κ1) is 25.4. The van der Waals surface area contributed by atoms with Gasteiger partial charge in [0.05, 0.1) is 12.4 Å². The van der Waals surface area contributed by atoms with E-state index in [-0.39, 0.29) is 23.3 Å². The van der Waals surface area contributed by atoms with Gasteiger partial charge in [0.1, 0.15) is 17.2 Å². The third-order valence-corrected chi connectivity index (χ3v) is 6.36.